The maximum atomic E-state index is 15.0. The van der Waals surface area contributed by atoms with Crippen molar-refractivity contribution in [2.75, 3.05) is 0 Å². The summed E-state index contributed by atoms with van der Waals surface area (Å²) in [5, 5.41) is 24.4. The molecule has 0 spiro atoms. The number of fused-ring (bicyclic) bond motifs is 6. The van der Waals surface area contributed by atoms with Crippen LogP contribution in [0.1, 0.15) is 22.3 Å². The number of alkyl halides is 3. The SMILES string of the molecule is [C-]#[N+]c1ccc(-c2ccc3c(c2)c2ccccc2n3-c2cc(-c3c(C)cccc3C(F)(F)F)cc(-n3c4ccccc4c4cc(-c5ccc(C#N)cc5)ccc43)c2C#N)cc1. The van der Waals surface area contributed by atoms with E-state index < -0.39 is 11.7 Å². The van der Waals surface area contributed by atoms with Crippen LogP contribution in [0.2, 0.25) is 0 Å². The average molecular weight is 794 g/mol. The summed E-state index contributed by atoms with van der Waals surface area (Å²) in [5.74, 6) is 0. The lowest BCUT2D eigenvalue weighted by Crippen LogP contribution is -2.10. The summed E-state index contributed by atoms with van der Waals surface area (Å²) in [6.45, 7) is 9.07. The molecule has 0 amide bonds. The summed E-state index contributed by atoms with van der Waals surface area (Å²) in [7, 11) is 0. The summed E-state index contributed by atoms with van der Waals surface area (Å²) in [5.41, 5.74) is 9.12. The maximum absolute atomic E-state index is 15.0. The molecule has 0 unspecified atom stereocenters. The number of para-hydroxylation sites is 2. The van der Waals surface area contributed by atoms with Gasteiger partial charge in [-0.3, -0.25) is 0 Å². The monoisotopic (exact) mass is 793 g/mol. The molecular formula is C53H30F3N5. The molecule has 61 heavy (non-hydrogen) atoms. The molecule has 8 heteroatoms. The molecule has 8 aromatic carbocycles. The second-order valence-electron chi connectivity index (χ2n) is 15.0. The molecule has 10 rings (SSSR count). The van der Waals surface area contributed by atoms with Crippen LogP contribution in [0.25, 0.3) is 93.2 Å². The van der Waals surface area contributed by atoms with E-state index in [0.717, 1.165) is 71.9 Å². The van der Waals surface area contributed by atoms with Gasteiger partial charge < -0.3 is 9.13 Å². The summed E-state index contributed by atoms with van der Waals surface area (Å²) < 4.78 is 48.9. The highest BCUT2D eigenvalue weighted by Crippen LogP contribution is 2.45. The molecule has 0 aliphatic rings. The second-order valence-corrected chi connectivity index (χ2v) is 15.0. The average Bonchev–Trinajstić information content (AvgIpc) is 3.80. The van der Waals surface area contributed by atoms with E-state index in [2.05, 4.69) is 29.1 Å². The van der Waals surface area contributed by atoms with E-state index >= 15 is 0 Å². The molecule has 2 aromatic heterocycles. The Hall–Kier alpha value is -8.38. The maximum Gasteiger partial charge on any atom is 0.417 e. The van der Waals surface area contributed by atoms with Gasteiger partial charge in [-0.2, -0.15) is 23.7 Å². The van der Waals surface area contributed by atoms with Gasteiger partial charge in [-0.1, -0.05) is 97.1 Å². The van der Waals surface area contributed by atoms with Gasteiger partial charge in [0.2, 0.25) is 0 Å². The standard InChI is InChI=1S/C53H30F3N5/c1-32-8-7-11-45(53(54,55)56)52(32)38-28-50(60-46-12-5-3-9-40(46)42-26-36(20-24-48(42)60)34-16-14-33(30-57)15-17-34)44(31-58)51(29-38)61-47-13-6-4-10-41(47)43-27-37(21-25-49(43)61)35-18-22-39(59-2)23-19-35/h3-29H,1H3. The first-order valence-corrected chi connectivity index (χ1v) is 19.5. The lowest BCUT2D eigenvalue weighted by Gasteiger charge is -2.21. The minimum absolute atomic E-state index is 0.0387. The molecule has 0 aliphatic heterocycles. The van der Waals surface area contributed by atoms with Crippen LogP contribution >= 0.6 is 0 Å². The van der Waals surface area contributed by atoms with Gasteiger partial charge in [-0.25, -0.2) is 4.85 Å². The molecule has 0 saturated carbocycles. The zero-order valence-electron chi connectivity index (χ0n) is 32.5. The molecule has 0 saturated heterocycles. The Kier molecular flexibility index (Phi) is 8.58. The number of benzene rings is 8. The highest BCUT2D eigenvalue weighted by atomic mass is 19.4. The van der Waals surface area contributed by atoms with Crippen molar-refractivity contribution >= 4 is 49.3 Å². The number of nitriles is 2. The molecule has 288 valence electrons. The van der Waals surface area contributed by atoms with Gasteiger partial charge >= 0.3 is 6.18 Å². The van der Waals surface area contributed by atoms with Crippen LogP contribution in [-0.2, 0) is 6.18 Å². The molecule has 0 N–H and O–H groups in total. The highest BCUT2D eigenvalue weighted by molar-refractivity contribution is 6.12. The van der Waals surface area contributed by atoms with Gasteiger partial charge in [0.15, 0.2) is 5.69 Å². The lowest BCUT2D eigenvalue weighted by atomic mass is 9.92. The van der Waals surface area contributed by atoms with E-state index in [0.29, 0.717) is 33.8 Å². The molecule has 0 bridgehead atoms. The van der Waals surface area contributed by atoms with Gasteiger partial charge in [0.25, 0.3) is 0 Å². The number of hydrogen-bond acceptors (Lipinski definition) is 2. The number of aryl methyl sites for hydroxylation is 1. The van der Waals surface area contributed by atoms with Crippen molar-refractivity contribution in [1.82, 2.24) is 9.13 Å². The number of halogens is 3. The topological polar surface area (TPSA) is 61.8 Å². The van der Waals surface area contributed by atoms with Crippen molar-refractivity contribution in [3.8, 4) is 56.9 Å². The Morgan fingerprint density at radius 2 is 1.00 bits per heavy atom. The van der Waals surface area contributed by atoms with Crippen LogP contribution in [-0.4, -0.2) is 9.13 Å². The van der Waals surface area contributed by atoms with Gasteiger partial charge in [-0.15, -0.1) is 0 Å². The fourth-order valence-electron chi connectivity index (χ4n) is 8.80. The Labute approximate surface area is 348 Å². The molecule has 2 heterocycles. The van der Waals surface area contributed by atoms with Crippen LogP contribution in [0.15, 0.2) is 164 Å². The third kappa shape index (κ3) is 5.99. The highest BCUT2D eigenvalue weighted by Gasteiger charge is 2.35. The Bertz CT molecular complexity index is 3350. The van der Waals surface area contributed by atoms with E-state index in [-0.39, 0.29) is 11.1 Å². The number of nitrogens with zero attached hydrogens (tertiary/aromatic N) is 5. The van der Waals surface area contributed by atoms with Crippen LogP contribution in [0.4, 0.5) is 18.9 Å². The van der Waals surface area contributed by atoms with Crippen molar-refractivity contribution in [3.05, 3.63) is 197 Å². The summed E-state index contributed by atoms with van der Waals surface area (Å²) in [4.78, 5) is 3.53. The molecule has 10 aromatic rings. The third-order valence-corrected chi connectivity index (χ3v) is 11.6. The van der Waals surface area contributed by atoms with Crippen molar-refractivity contribution in [1.29, 1.82) is 10.5 Å². The van der Waals surface area contributed by atoms with E-state index in [1.165, 1.54) is 6.07 Å². The Morgan fingerprint density at radius 3 is 1.49 bits per heavy atom. The van der Waals surface area contributed by atoms with Crippen molar-refractivity contribution in [2.45, 2.75) is 13.1 Å². The zero-order valence-corrected chi connectivity index (χ0v) is 32.5. The largest absolute Gasteiger partial charge is 0.417 e. The van der Waals surface area contributed by atoms with Crippen LogP contribution in [0, 0.1) is 36.2 Å². The Balaban J connectivity index is 1.30. The number of aromatic nitrogens is 2. The van der Waals surface area contributed by atoms with E-state index in [9.17, 15) is 23.7 Å². The van der Waals surface area contributed by atoms with Crippen molar-refractivity contribution in [2.24, 2.45) is 0 Å². The fourth-order valence-corrected chi connectivity index (χ4v) is 8.80. The van der Waals surface area contributed by atoms with E-state index in [1.807, 2.05) is 106 Å². The van der Waals surface area contributed by atoms with E-state index in [4.69, 9.17) is 6.57 Å². The first-order chi connectivity index (χ1) is 29.7. The summed E-state index contributed by atoms with van der Waals surface area (Å²) >= 11 is 0. The summed E-state index contributed by atoms with van der Waals surface area (Å²) in [6.07, 6.45) is -4.65. The lowest BCUT2D eigenvalue weighted by molar-refractivity contribution is -0.137. The molecule has 5 nitrogen and oxygen atoms in total. The Morgan fingerprint density at radius 1 is 0.508 bits per heavy atom. The normalized spacial score (nSPS) is 11.6. The smallest absolute Gasteiger partial charge is 0.308 e. The van der Waals surface area contributed by atoms with Gasteiger partial charge in [0.05, 0.1) is 57.2 Å². The van der Waals surface area contributed by atoms with Gasteiger partial charge in [0, 0.05) is 21.5 Å². The summed E-state index contributed by atoms with van der Waals surface area (Å²) in [6, 6.07) is 54.9. The minimum atomic E-state index is -4.65. The first-order valence-electron chi connectivity index (χ1n) is 19.5. The first kappa shape index (κ1) is 36.9. The van der Waals surface area contributed by atoms with Crippen LogP contribution in [0.3, 0.4) is 0 Å². The van der Waals surface area contributed by atoms with Crippen molar-refractivity contribution in [3.63, 3.8) is 0 Å². The molecule has 0 atom stereocenters. The quantitative estimate of drug-likeness (QED) is 0.163. The number of hydrogen-bond donors (Lipinski definition) is 0. The van der Waals surface area contributed by atoms with Gasteiger partial charge in [-0.05, 0) is 113 Å². The second kappa shape index (κ2) is 14.2. The molecule has 0 radical (unpaired) electrons. The van der Waals surface area contributed by atoms with Crippen LogP contribution in [0.5, 0.6) is 0 Å². The minimum Gasteiger partial charge on any atom is -0.308 e. The number of rotatable bonds is 5. The van der Waals surface area contributed by atoms with Gasteiger partial charge in [0.1, 0.15) is 11.6 Å². The molecular weight excluding hydrogens is 764 g/mol. The molecule has 0 fully saturated rings. The van der Waals surface area contributed by atoms with Crippen LogP contribution < -0.4 is 0 Å². The predicted octanol–water partition coefficient (Wildman–Crippen LogP) is 14.5. The predicted molar refractivity (Wildman–Crippen MR) is 237 cm³/mol. The van der Waals surface area contributed by atoms with Crippen molar-refractivity contribution < 1.29 is 13.2 Å². The molecule has 0 aliphatic carbocycles. The zero-order chi connectivity index (χ0) is 42.0. The fraction of sp³-hybridized carbons (Fsp3) is 0.0377. The van der Waals surface area contributed by atoms with E-state index in [1.54, 1.807) is 49.4 Å². The third-order valence-electron chi connectivity index (χ3n) is 11.6.